The van der Waals surface area contributed by atoms with Crippen LogP contribution in [0.4, 0.5) is 4.39 Å². The summed E-state index contributed by atoms with van der Waals surface area (Å²) >= 11 is 0. The van der Waals surface area contributed by atoms with Crippen molar-refractivity contribution in [3.8, 4) is 5.75 Å². The molecule has 0 spiro atoms. The molecule has 2 nitrogen and oxygen atoms in total. The number of nitrogens with one attached hydrogen (secondary N) is 1. The zero-order chi connectivity index (χ0) is 11.0. The molecule has 1 aromatic rings. The van der Waals surface area contributed by atoms with Gasteiger partial charge in [0.2, 0.25) is 0 Å². The molecule has 3 atom stereocenters. The second-order valence-electron chi connectivity index (χ2n) is 4.84. The van der Waals surface area contributed by atoms with Crippen molar-refractivity contribution < 1.29 is 9.13 Å². The van der Waals surface area contributed by atoms with Crippen molar-refractivity contribution in [2.45, 2.75) is 18.9 Å². The van der Waals surface area contributed by atoms with Crippen molar-refractivity contribution in [3.05, 3.63) is 30.1 Å². The first-order valence-corrected chi connectivity index (χ1v) is 5.94. The zero-order valence-corrected chi connectivity index (χ0v) is 9.16. The third kappa shape index (κ3) is 1.92. The Labute approximate surface area is 94.8 Å². The van der Waals surface area contributed by atoms with Crippen molar-refractivity contribution in [2.24, 2.45) is 11.8 Å². The van der Waals surface area contributed by atoms with Gasteiger partial charge in [-0.2, -0.15) is 0 Å². The van der Waals surface area contributed by atoms with Gasteiger partial charge < -0.3 is 10.1 Å². The number of halogens is 1. The van der Waals surface area contributed by atoms with Gasteiger partial charge in [-0.25, -0.2) is 4.39 Å². The Balaban J connectivity index is 1.62. The summed E-state index contributed by atoms with van der Waals surface area (Å²) in [5.74, 6) is 2.15. The van der Waals surface area contributed by atoms with Crippen LogP contribution in [-0.2, 0) is 0 Å². The van der Waals surface area contributed by atoms with Gasteiger partial charge in [0.25, 0.3) is 0 Å². The molecule has 0 bridgehead atoms. The van der Waals surface area contributed by atoms with Crippen LogP contribution in [0.25, 0.3) is 0 Å². The Morgan fingerprint density at radius 3 is 2.31 bits per heavy atom. The lowest BCUT2D eigenvalue weighted by Crippen LogP contribution is -2.18. The minimum Gasteiger partial charge on any atom is -0.490 e. The number of rotatable bonds is 2. The molecule has 0 unspecified atom stereocenters. The highest BCUT2D eigenvalue weighted by Gasteiger charge is 2.38. The van der Waals surface area contributed by atoms with Crippen LogP contribution in [0.5, 0.6) is 5.75 Å². The molecule has 86 valence electrons. The Morgan fingerprint density at radius 1 is 1.06 bits per heavy atom. The zero-order valence-electron chi connectivity index (χ0n) is 9.16. The van der Waals surface area contributed by atoms with Crippen molar-refractivity contribution in [3.63, 3.8) is 0 Å². The summed E-state index contributed by atoms with van der Waals surface area (Å²) in [6, 6.07) is 6.32. The summed E-state index contributed by atoms with van der Waals surface area (Å²) in [6.45, 7) is 2.27. The predicted octanol–water partition coefficient (Wildman–Crippen LogP) is 2.20. The molecule has 16 heavy (non-hydrogen) atoms. The molecule has 1 aliphatic carbocycles. The first-order chi connectivity index (χ1) is 7.81. The van der Waals surface area contributed by atoms with E-state index in [4.69, 9.17) is 4.74 Å². The van der Waals surface area contributed by atoms with Gasteiger partial charge in [0.15, 0.2) is 0 Å². The van der Waals surface area contributed by atoms with E-state index in [0.29, 0.717) is 6.10 Å². The monoisotopic (exact) mass is 221 g/mol. The van der Waals surface area contributed by atoms with E-state index in [-0.39, 0.29) is 5.82 Å². The van der Waals surface area contributed by atoms with Gasteiger partial charge in [-0.15, -0.1) is 0 Å². The topological polar surface area (TPSA) is 21.3 Å². The summed E-state index contributed by atoms with van der Waals surface area (Å²) in [4.78, 5) is 0. The van der Waals surface area contributed by atoms with Gasteiger partial charge in [-0.1, -0.05) is 0 Å². The maximum Gasteiger partial charge on any atom is 0.123 e. The van der Waals surface area contributed by atoms with E-state index in [1.54, 1.807) is 12.1 Å². The SMILES string of the molecule is Fc1ccc(O[C@@H]2C[C@H]3CNC[C@H]3C2)cc1. The molecule has 0 radical (unpaired) electrons. The van der Waals surface area contributed by atoms with Crippen molar-refractivity contribution in [1.29, 1.82) is 0 Å². The quantitative estimate of drug-likeness (QED) is 0.826. The number of fused-ring (bicyclic) bond motifs is 1. The molecule has 2 fully saturated rings. The molecule has 0 aromatic heterocycles. The Hall–Kier alpha value is -1.09. The van der Waals surface area contributed by atoms with E-state index < -0.39 is 0 Å². The fraction of sp³-hybridized carbons (Fsp3) is 0.538. The fourth-order valence-corrected chi connectivity index (χ4v) is 2.91. The van der Waals surface area contributed by atoms with Crippen LogP contribution in [0.15, 0.2) is 24.3 Å². The van der Waals surface area contributed by atoms with Gasteiger partial charge in [-0.05, 0) is 62.0 Å². The van der Waals surface area contributed by atoms with Crippen LogP contribution in [0.1, 0.15) is 12.8 Å². The maximum absolute atomic E-state index is 12.7. The van der Waals surface area contributed by atoms with Crippen LogP contribution in [-0.4, -0.2) is 19.2 Å². The smallest absolute Gasteiger partial charge is 0.123 e. The molecule has 1 aliphatic heterocycles. The van der Waals surface area contributed by atoms with E-state index in [0.717, 1.165) is 43.5 Å². The number of hydrogen-bond donors (Lipinski definition) is 1. The average Bonchev–Trinajstić information content (AvgIpc) is 2.81. The highest BCUT2D eigenvalue weighted by Crippen LogP contribution is 2.36. The van der Waals surface area contributed by atoms with Gasteiger partial charge in [0, 0.05) is 0 Å². The van der Waals surface area contributed by atoms with E-state index in [1.165, 1.54) is 12.1 Å². The molecule has 3 rings (SSSR count). The van der Waals surface area contributed by atoms with Crippen molar-refractivity contribution >= 4 is 0 Å². The first-order valence-electron chi connectivity index (χ1n) is 5.94. The van der Waals surface area contributed by atoms with E-state index in [9.17, 15) is 4.39 Å². The van der Waals surface area contributed by atoms with Crippen LogP contribution in [0, 0.1) is 17.7 Å². The molecule has 1 saturated carbocycles. The molecule has 1 N–H and O–H groups in total. The minimum atomic E-state index is -0.208. The standard InChI is InChI=1S/C13H16FNO/c14-11-1-3-12(4-2-11)16-13-5-9-7-15-8-10(9)6-13/h1-4,9-10,13,15H,5-8H2/t9-,10+,13+. The lowest BCUT2D eigenvalue weighted by atomic mass is 10.0. The second-order valence-corrected chi connectivity index (χ2v) is 4.84. The lowest BCUT2D eigenvalue weighted by Gasteiger charge is -2.14. The summed E-state index contributed by atoms with van der Waals surface area (Å²) in [6.07, 6.45) is 2.59. The molecule has 1 saturated heterocycles. The minimum absolute atomic E-state index is 0.208. The highest BCUT2D eigenvalue weighted by molar-refractivity contribution is 5.22. The molecule has 3 heteroatoms. The maximum atomic E-state index is 12.7. The fourth-order valence-electron chi connectivity index (χ4n) is 2.91. The molecular formula is C13H16FNO. The number of hydrogen-bond acceptors (Lipinski definition) is 2. The average molecular weight is 221 g/mol. The number of benzene rings is 1. The summed E-state index contributed by atoms with van der Waals surface area (Å²) in [7, 11) is 0. The van der Waals surface area contributed by atoms with Gasteiger partial charge in [0.05, 0.1) is 6.10 Å². The van der Waals surface area contributed by atoms with Crippen LogP contribution < -0.4 is 10.1 Å². The van der Waals surface area contributed by atoms with E-state index in [2.05, 4.69) is 5.32 Å². The molecule has 0 amide bonds. The van der Waals surface area contributed by atoms with Gasteiger partial charge in [0.1, 0.15) is 11.6 Å². The molecule has 1 heterocycles. The highest BCUT2D eigenvalue weighted by atomic mass is 19.1. The van der Waals surface area contributed by atoms with Crippen molar-refractivity contribution in [2.75, 3.05) is 13.1 Å². The summed E-state index contributed by atoms with van der Waals surface area (Å²) in [5.41, 5.74) is 0. The third-order valence-corrected chi connectivity index (χ3v) is 3.73. The van der Waals surface area contributed by atoms with E-state index in [1.807, 2.05) is 0 Å². The van der Waals surface area contributed by atoms with E-state index >= 15 is 0 Å². The predicted molar refractivity (Wildman–Crippen MR) is 59.9 cm³/mol. The van der Waals surface area contributed by atoms with Gasteiger partial charge >= 0.3 is 0 Å². The first kappa shape index (κ1) is 10.1. The summed E-state index contributed by atoms with van der Waals surface area (Å²) in [5, 5.41) is 3.41. The third-order valence-electron chi connectivity index (χ3n) is 3.73. The summed E-state index contributed by atoms with van der Waals surface area (Å²) < 4.78 is 18.6. The van der Waals surface area contributed by atoms with Gasteiger partial charge in [-0.3, -0.25) is 0 Å². The van der Waals surface area contributed by atoms with Crippen LogP contribution >= 0.6 is 0 Å². The normalized spacial score (nSPS) is 32.7. The van der Waals surface area contributed by atoms with Crippen molar-refractivity contribution in [1.82, 2.24) is 5.32 Å². The largest absolute Gasteiger partial charge is 0.490 e. The Kier molecular flexibility index (Phi) is 2.56. The molecular weight excluding hydrogens is 205 g/mol. The second kappa shape index (κ2) is 4.06. The molecule has 2 aliphatic rings. The Bertz CT molecular complexity index is 353. The Morgan fingerprint density at radius 2 is 1.69 bits per heavy atom. The molecule has 1 aromatic carbocycles. The van der Waals surface area contributed by atoms with Crippen LogP contribution in [0.3, 0.4) is 0 Å². The number of ether oxygens (including phenoxy) is 1. The van der Waals surface area contributed by atoms with Crippen LogP contribution in [0.2, 0.25) is 0 Å². The lowest BCUT2D eigenvalue weighted by molar-refractivity contribution is 0.199.